The maximum absolute atomic E-state index is 13.3. The average Bonchev–Trinajstić information content (AvgIpc) is 2.83. The number of hydrogen-bond donors (Lipinski definition) is 1. The zero-order valence-electron chi connectivity index (χ0n) is 13.7. The fraction of sp³-hybridized carbons (Fsp3) is 0.529. The van der Waals surface area contributed by atoms with Gasteiger partial charge in [-0.3, -0.25) is 4.79 Å². The monoisotopic (exact) mass is 342 g/mol. The van der Waals surface area contributed by atoms with Crippen molar-refractivity contribution in [3.05, 3.63) is 35.9 Å². The second-order valence-corrected chi connectivity index (χ2v) is 6.45. The van der Waals surface area contributed by atoms with E-state index in [-0.39, 0.29) is 23.1 Å². The molecule has 2 rings (SSSR count). The number of amides is 1. The first-order valence-corrected chi connectivity index (χ1v) is 7.86. The summed E-state index contributed by atoms with van der Waals surface area (Å²) in [6.45, 7) is 3.68. The molecule has 1 aliphatic heterocycles. The van der Waals surface area contributed by atoms with E-state index in [0.29, 0.717) is 12.8 Å². The lowest BCUT2D eigenvalue weighted by molar-refractivity contribution is -0.302. The van der Waals surface area contributed by atoms with Crippen molar-refractivity contribution in [2.75, 3.05) is 0 Å². The highest BCUT2D eigenvalue weighted by Crippen LogP contribution is 2.41. The van der Waals surface area contributed by atoms with Gasteiger partial charge in [-0.15, -0.1) is 0 Å². The quantitative estimate of drug-likeness (QED) is 0.890. The Morgan fingerprint density at radius 3 is 2.50 bits per heavy atom. The van der Waals surface area contributed by atoms with Crippen molar-refractivity contribution in [2.24, 2.45) is 11.0 Å². The van der Waals surface area contributed by atoms with Gasteiger partial charge in [-0.2, -0.15) is 23.3 Å². The number of hydrazone groups is 1. The van der Waals surface area contributed by atoms with Crippen LogP contribution >= 0.6 is 0 Å². The van der Waals surface area contributed by atoms with Gasteiger partial charge >= 0.3 is 6.18 Å². The smallest absolute Gasteiger partial charge is 0.362 e. The molecular weight excluding hydrogens is 321 g/mol. The Hall–Kier alpha value is -1.89. The van der Waals surface area contributed by atoms with E-state index in [1.165, 1.54) is 0 Å². The fourth-order valence-electron chi connectivity index (χ4n) is 2.69. The van der Waals surface area contributed by atoms with Gasteiger partial charge in [0, 0.05) is 18.6 Å². The molecule has 0 aromatic heterocycles. The summed E-state index contributed by atoms with van der Waals surface area (Å²) in [6, 6.07) is 8.99. The molecule has 1 atom stereocenters. The maximum Gasteiger partial charge on any atom is 0.438 e. The molecule has 1 N–H and O–H groups in total. The highest BCUT2D eigenvalue weighted by Gasteiger charge is 2.62. The number of halogens is 3. The van der Waals surface area contributed by atoms with Crippen LogP contribution in [-0.2, 0) is 11.2 Å². The lowest BCUT2D eigenvalue weighted by Gasteiger charge is -2.32. The number of alkyl halides is 3. The molecular formula is C17H21F3N2O2. The number of carbonyl (C=O) groups excluding carboxylic acids is 1. The Morgan fingerprint density at radius 1 is 1.33 bits per heavy atom. The first kappa shape index (κ1) is 18.4. The van der Waals surface area contributed by atoms with Crippen molar-refractivity contribution in [2.45, 2.75) is 51.4 Å². The van der Waals surface area contributed by atoms with E-state index in [2.05, 4.69) is 5.10 Å². The predicted octanol–water partition coefficient (Wildman–Crippen LogP) is 3.50. The SMILES string of the molecule is CC(C)CC1=NN(C(=O)CCc2ccccc2)C(O)(C(F)(F)F)C1. The fourth-order valence-corrected chi connectivity index (χ4v) is 2.69. The standard InChI is InChI=1S/C17H21F3N2O2/c1-12(2)10-14-11-16(24,17(18,19)20)22(21-14)15(23)9-8-13-6-4-3-5-7-13/h3-7,12,24H,8-11H2,1-2H3. The van der Waals surface area contributed by atoms with Crippen LogP contribution in [0.4, 0.5) is 13.2 Å². The first-order valence-electron chi connectivity index (χ1n) is 7.86. The highest BCUT2D eigenvalue weighted by molar-refractivity contribution is 5.91. The van der Waals surface area contributed by atoms with Crippen LogP contribution in [0.5, 0.6) is 0 Å². The zero-order chi connectivity index (χ0) is 18.0. The summed E-state index contributed by atoms with van der Waals surface area (Å²) in [7, 11) is 0. The summed E-state index contributed by atoms with van der Waals surface area (Å²) < 4.78 is 39.9. The third kappa shape index (κ3) is 3.95. The van der Waals surface area contributed by atoms with Gasteiger partial charge in [-0.05, 0) is 24.3 Å². The minimum atomic E-state index is -4.96. The van der Waals surface area contributed by atoms with Gasteiger partial charge in [0.1, 0.15) is 0 Å². The van der Waals surface area contributed by atoms with Gasteiger partial charge in [0.05, 0.1) is 0 Å². The van der Waals surface area contributed by atoms with Crippen molar-refractivity contribution >= 4 is 11.6 Å². The molecule has 1 amide bonds. The van der Waals surface area contributed by atoms with Crippen molar-refractivity contribution in [3.8, 4) is 0 Å². The largest absolute Gasteiger partial charge is 0.438 e. The summed E-state index contributed by atoms with van der Waals surface area (Å²) >= 11 is 0. The summed E-state index contributed by atoms with van der Waals surface area (Å²) in [5, 5.41) is 14.1. The lowest BCUT2D eigenvalue weighted by Crippen LogP contribution is -2.56. The molecule has 0 fully saturated rings. The molecule has 0 spiro atoms. The molecule has 0 saturated heterocycles. The molecule has 1 aromatic carbocycles. The number of rotatable bonds is 5. The number of nitrogens with zero attached hydrogens (tertiary/aromatic N) is 2. The van der Waals surface area contributed by atoms with Crippen LogP contribution in [0.1, 0.15) is 38.7 Å². The third-order valence-electron chi connectivity index (χ3n) is 3.85. The van der Waals surface area contributed by atoms with Crippen molar-refractivity contribution < 1.29 is 23.1 Å². The molecule has 0 bridgehead atoms. The molecule has 1 heterocycles. The first-order chi connectivity index (χ1) is 11.1. The summed E-state index contributed by atoms with van der Waals surface area (Å²) in [6.07, 6.45) is -5.20. The Bertz CT molecular complexity index is 614. The Morgan fingerprint density at radius 2 is 1.96 bits per heavy atom. The summed E-state index contributed by atoms with van der Waals surface area (Å²) in [4.78, 5) is 12.3. The van der Waals surface area contributed by atoms with E-state index < -0.39 is 24.2 Å². The predicted molar refractivity (Wildman–Crippen MR) is 84.1 cm³/mol. The topological polar surface area (TPSA) is 52.9 Å². The lowest BCUT2D eigenvalue weighted by atomic mass is 9.99. The molecule has 7 heteroatoms. The van der Waals surface area contributed by atoms with Crippen LogP contribution in [-0.4, -0.2) is 33.6 Å². The summed E-state index contributed by atoms with van der Waals surface area (Å²) in [5.74, 6) is -0.752. The number of aryl methyl sites for hydroxylation is 1. The van der Waals surface area contributed by atoms with Crippen LogP contribution in [0.15, 0.2) is 35.4 Å². The van der Waals surface area contributed by atoms with E-state index in [9.17, 15) is 23.1 Å². The van der Waals surface area contributed by atoms with Crippen LogP contribution < -0.4 is 0 Å². The Balaban J connectivity index is 2.15. The summed E-state index contributed by atoms with van der Waals surface area (Å²) in [5.41, 5.74) is -2.21. The number of carbonyl (C=O) groups is 1. The van der Waals surface area contributed by atoms with E-state index in [1.54, 1.807) is 24.3 Å². The molecule has 1 aromatic rings. The van der Waals surface area contributed by atoms with E-state index in [4.69, 9.17) is 0 Å². The molecule has 0 aliphatic carbocycles. The van der Waals surface area contributed by atoms with Crippen LogP contribution in [0, 0.1) is 5.92 Å². The Kier molecular flexibility index (Phi) is 5.32. The van der Waals surface area contributed by atoms with Gasteiger partial charge in [0.15, 0.2) is 0 Å². The van der Waals surface area contributed by atoms with E-state index in [0.717, 1.165) is 5.56 Å². The second-order valence-electron chi connectivity index (χ2n) is 6.45. The van der Waals surface area contributed by atoms with Gasteiger partial charge < -0.3 is 5.11 Å². The van der Waals surface area contributed by atoms with Gasteiger partial charge in [0.2, 0.25) is 5.91 Å². The van der Waals surface area contributed by atoms with Gasteiger partial charge in [-0.25, -0.2) is 0 Å². The minimum Gasteiger partial charge on any atom is -0.362 e. The number of benzene rings is 1. The Labute approximate surface area is 139 Å². The maximum atomic E-state index is 13.3. The van der Waals surface area contributed by atoms with Crippen LogP contribution in [0.25, 0.3) is 0 Å². The molecule has 24 heavy (non-hydrogen) atoms. The van der Waals surface area contributed by atoms with Gasteiger partial charge in [0.25, 0.3) is 5.72 Å². The molecule has 4 nitrogen and oxygen atoms in total. The minimum absolute atomic E-state index is 0.0839. The molecule has 1 aliphatic rings. The van der Waals surface area contributed by atoms with Gasteiger partial charge in [-0.1, -0.05) is 44.2 Å². The average molecular weight is 342 g/mol. The molecule has 0 saturated carbocycles. The van der Waals surface area contributed by atoms with E-state index >= 15 is 0 Å². The van der Waals surface area contributed by atoms with Crippen molar-refractivity contribution in [1.29, 1.82) is 0 Å². The zero-order valence-corrected chi connectivity index (χ0v) is 13.7. The van der Waals surface area contributed by atoms with Crippen molar-refractivity contribution in [1.82, 2.24) is 5.01 Å². The van der Waals surface area contributed by atoms with Crippen LogP contribution in [0.3, 0.4) is 0 Å². The van der Waals surface area contributed by atoms with E-state index in [1.807, 2.05) is 19.9 Å². The third-order valence-corrected chi connectivity index (χ3v) is 3.85. The molecule has 0 radical (unpaired) electrons. The number of hydrogen-bond acceptors (Lipinski definition) is 3. The number of aliphatic hydroxyl groups is 1. The molecule has 1 unspecified atom stereocenters. The van der Waals surface area contributed by atoms with Crippen LogP contribution in [0.2, 0.25) is 0 Å². The normalized spacial score (nSPS) is 21.3. The van der Waals surface area contributed by atoms with Crippen molar-refractivity contribution in [3.63, 3.8) is 0 Å². The molecule has 132 valence electrons. The highest BCUT2D eigenvalue weighted by atomic mass is 19.4. The second kappa shape index (κ2) is 6.93.